The van der Waals surface area contributed by atoms with Crippen molar-refractivity contribution < 1.29 is 4.74 Å². The Balaban J connectivity index is 1.30. The summed E-state index contributed by atoms with van der Waals surface area (Å²) in [6, 6.07) is 7.07. The largest absolute Gasteiger partial charge is 0.493 e. The molecule has 0 bridgehead atoms. The molecule has 3 aliphatic rings. The molecule has 3 saturated carbocycles. The van der Waals surface area contributed by atoms with E-state index >= 15 is 0 Å². The highest BCUT2D eigenvalue weighted by atomic mass is 16.5. The summed E-state index contributed by atoms with van der Waals surface area (Å²) in [5.74, 6) is 5.70. The molecule has 1 aromatic carbocycles. The highest BCUT2D eigenvalue weighted by Gasteiger charge is 2.31. The van der Waals surface area contributed by atoms with Crippen molar-refractivity contribution in [1.82, 2.24) is 0 Å². The van der Waals surface area contributed by atoms with Crippen LogP contribution in [0.15, 0.2) is 30.9 Å². The fourth-order valence-electron chi connectivity index (χ4n) is 6.46. The second kappa shape index (κ2) is 10.9. The number of hydrogen-bond donors (Lipinski definition) is 0. The number of rotatable bonds is 9. The van der Waals surface area contributed by atoms with Crippen LogP contribution in [0.3, 0.4) is 0 Å². The van der Waals surface area contributed by atoms with Gasteiger partial charge in [-0.15, -0.1) is 6.58 Å². The standard InChI is InChI=1S/C29H44O/c1-3-6-22-10-12-24(13-11-22)25-14-16-26(17-15-25)27-18-19-29(28(20-27)7-4-2)30-21-23-8-5-9-23/h4,18-20,22-26H,2-3,5-17,21H2,1H3. The zero-order valence-electron chi connectivity index (χ0n) is 19.4. The molecule has 1 nitrogen and oxygen atoms in total. The molecule has 1 heteroatoms. The van der Waals surface area contributed by atoms with Crippen molar-refractivity contribution in [1.29, 1.82) is 0 Å². The number of hydrogen-bond acceptors (Lipinski definition) is 1. The molecule has 166 valence electrons. The fraction of sp³-hybridized carbons (Fsp3) is 0.724. The van der Waals surface area contributed by atoms with E-state index in [1.165, 1.54) is 89.0 Å². The molecular weight excluding hydrogens is 364 g/mol. The summed E-state index contributed by atoms with van der Waals surface area (Å²) in [6.45, 7) is 7.23. The van der Waals surface area contributed by atoms with Crippen molar-refractivity contribution in [2.24, 2.45) is 23.7 Å². The Hall–Kier alpha value is -1.24. The molecule has 1 aromatic rings. The summed E-state index contributed by atoms with van der Waals surface area (Å²) in [7, 11) is 0. The lowest BCUT2D eigenvalue weighted by Crippen LogP contribution is -2.25. The molecule has 0 spiro atoms. The van der Waals surface area contributed by atoms with Gasteiger partial charge >= 0.3 is 0 Å². The first-order valence-corrected chi connectivity index (χ1v) is 13.1. The number of allylic oxidation sites excluding steroid dienone is 1. The quantitative estimate of drug-likeness (QED) is 0.372. The van der Waals surface area contributed by atoms with Crippen LogP contribution in [-0.4, -0.2) is 6.61 Å². The molecule has 0 saturated heterocycles. The summed E-state index contributed by atoms with van der Waals surface area (Å²) in [6.07, 6.45) is 21.6. The lowest BCUT2D eigenvalue weighted by atomic mass is 9.68. The van der Waals surface area contributed by atoms with Crippen LogP contribution < -0.4 is 4.74 Å². The lowest BCUT2D eigenvalue weighted by Gasteiger charge is -2.38. The maximum atomic E-state index is 6.21. The van der Waals surface area contributed by atoms with Crippen LogP contribution in [0.25, 0.3) is 0 Å². The van der Waals surface area contributed by atoms with Crippen molar-refractivity contribution in [2.45, 2.75) is 103 Å². The van der Waals surface area contributed by atoms with Gasteiger partial charge in [0, 0.05) is 0 Å². The minimum absolute atomic E-state index is 0.752. The Morgan fingerprint density at radius 1 is 0.900 bits per heavy atom. The molecule has 0 aliphatic heterocycles. The van der Waals surface area contributed by atoms with Crippen molar-refractivity contribution in [3.8, 4) is 5.75 Å². The van der Waals surface area contributed by atoms with Crippen molar-refractivity contribution >= 4 is 0 Å². The van der Waals surface area contributed by atoms with Crippen LogP contribution in [0.1, 0.15) is 107 Å². The van der Waals surface area contributed by atoms with E-state index in [0.29, 0.717) is 0 Å². The predicted octanol–water partition coefficient (Wildman–Crippen LogP) is 8.47. The Kier molecular flexibility index (Phi) is 7.96. The van der Waals surface area contributed by atoms with Gasteiger partial charge in [0.05, 0.1) is 6.61 Å². The molecule has 3 aliphatic carbocycles. The maximum absolute atomic E-state index is 6.21. The Morgan fingerprint density at radius 3 is 2.20 bits per heavy atom. The van der Waals surface area contributed by atoms with E-state index in [-0.39, 0.29) is 0 Å². The normalized spacial score (nSPS) is 29.9. The van der Waals surface area contributed by atoms with Gasteiger partial charge in [0.2, 0.25) is 0 Å². The molecule has 0 radical (unpaired) electrons. The van der Waals surface area contributed by atoms with E-state index in [1.807, 2.05) is 6.08 Å². The third-order valence-electron chi connectivity index (χ3n) is 8.65. The summed E-state index contributed by atoms with van der Waals surface area (Å²) >= 11 is 0. The average molecular weight is 409 g/mol. The topological polar surface area (TPSA) is 9.23 Å². The van der Waals surface area contributed by atoms with E-state index in [4.69, 9.17) is 4.74 Å². The lowest BCUT2D eigenvalue weighted by molar-refractivity contribution is 0.156. The van der Waals surface area contributed by atoms with Gasteiger partial charge < -0.3 is 4.74 Å². The summed E-state index contributed by atoms with van der Waals surface area (Å²) in [5.41, 5.74) is 2.89. The Labute approximate surface area is 185 Å². The predicted molar refractivity (Wildman–Crippen MR) is 128 cm³/mol. The first-order chi connectivity index (χ1) is 14.8. The minimum Gasteiger partial charge on any atom is -0.493 e. The van der Waals surface area contributed by atoms with Crippen LogP contribution >= 0.6 is 0 Å². The first kappa shape index (κ1) is 22.0. The molecule has 4 rings (SSSR count). The zero-order chi connectivity index (χ0) is 20.8. The summed E-state index contributed by atoms with van der Waals surface area (Å²) < 4.78 is 6.21. The van der Waals surface area contributed by atoms with Crippen LogP contribution in [-0.2, 0) is 6.42 Å². The van der Waals surface area contributed by atoms with Crippen molar-refractivity contribution in [2.75, 3.05) is 6.61 Å². The van der Waals surface area contributed by atoms with Gasteiger partial charge in [0.1, 0.15) is 5.75 Å². The highest BCUT2D eigenvalue weighted by molar-refractivity contribution is 5.40. The SMILES string of the molecule is C=CCc1cc(C2CCC(C3CCC(CCC)CC3)CC2)ccc1OCC1CCC1. The molecule has 0 atom stereocenters. The van der Waals surface area contributed by atoms with Gasteiger partial charge in [-0.3, -0.25) is 0 Å². The monoisotopic (exact) mass is 408 g/mol. The van der Waals surface area contributed by atoms with E-state index < -0.39 is 0 Å². The molecule has 30 heavy (non-hydrogen) atoms. The summed E-state index contributed by atoms with van der Waals surface area (Å²) in [4.78, 5) is 0. The Morgan fingerprint density at radius 2 is 1.60 bits per heavy atom. The Bertz CT molecular complexity index is 657. The van der Waals surface area contributed by atoms with Gasteiger partial charge in [-0.25, -0.2) is 0 Å². The van der Waals surface area contributed by atoms with Gasteiger partial charge in [-0.05, 0) is 105 Å². The van der Waals surface area contributed by atoms with Crippen LogP contribution in [0.2, 0.25) is 0 Å². The van der Waals surface area contributed by atoms with Crippen molar-refractivity contribution in [3.05, 3.63) is 42.0 Å². The third kappa shape index (κ3) is 5.51. The van der Waals surface area contributed by atoms with E-state index in [1.54, 1.807) is 5.56 Å². The van der Waals surface area contributed by atoms with E-state index in [0.717, 1.165) is 48.4 Å². The smallest absolute Gasteiger partial charge is 0.122 e. The van der Waals surface area contributed by atoms with Gasteiger partial charge in [-0.2, -0.15) is 0 Å². The second-order valence-electron chi connectivity index (χ2n) is 10.6. The molecule has 0 amide bonds. The van der Waals surface area contributed by atoms with Crippen LogP contribution in [0.5, 0.6) is 5.75 Å². The van der Waals surface area contributed by atoms with Crippen molar-refractivity contribution in [3.63, 3.8) is 0 Å². The number of benzene rings is 1. The third-order valence-corrected chi connectivity index (χ3v) is 8.65. The van der Waals surface area contributed by atoms with E-state index in [9.17, 15) is 0 Å². The first-order valence-electron chi connectivity index (χ1n) is 13.1. The van der Waals surface area contributed by atoms with Crippen LogP contribution in [0.4, 0.5) is 0 Å². The highest BCUT2D eigenvalue weighted by Crippen LogP contribution is 2.45. The maximum Gasteiger partial charge on any atom is 0.122 e. The van der Waals surface area contributed by atoms with E-state index in [2.05, 4.69) is 31.7 Å². The van der Waals surface area contributed by atoms with Crippen LogP contribution in [0, 0.1) is 23.7 Å². The molecule has 0 aromatic heterocycles. The summed E-state index contributed by atoms with van der Waals surface area (Å²) in [5, 5.41) is 0. The molecule has 3 fully saturated rings. The fourth-order valence-corrected chi connectivity index (χ4v) is 6.46. The number of ether oxygens (including phenoxy) is 1. The average Bonchev–Trinajstić information content (AvgIpc) is 2.75. The second-order valence-corrected chi connectivity index (χ2v) is 10.6. The zero-order valence-corrected chi connectivity index (χ0v) is 19.4. The van der Waals surface area contributed by atoms with Gasteiger partial charge in [0.15, 0.2) is 0 Å². The molecular formula is C29H44O. The molecule has 0 N–H and O–H groups in total. The van der Waals surface area contributed by atoms with Gasteiger partial charge in [0.25, 0.3) is 0 Å². The van der Waals surface area contributed by atoms with Gasteiger partial charge in [-0.1, -0.05) is 57.2 Å². The molecule has 0 unspecified atom stereocenters. The minimum atomic E-state index is 0.752. The molecule has 0 heterocycles.